The molecule has 0 spiro atoms. The third-order valence-corrected chi connectivity index (χ3v) is 6.00. The number of fused-ring (bicyclic) bond motifs is 1. The molecule has 2 saturated carbocycles. The fourth-order valence-corrected chi connectivity index (χ4v) is 4.31. The van der Waals surface area contributed by atoms with Gasteiger partial charge in [0, 0.05) is 0 Å². The molecule has 1 N–H and O–H groups in total. The summed E-state index contributed by atoms with van der Waals surface area (Å²) in [5.74, 6) is 1.01. The molecule has 0 aromatic rings. The number of hydrogen-bond acceptors (Lipinski definition) is 4. The Morgan fingerprint density at radius 2 is 1.96 bits per heavy atom. The van der Waals surface area contributed by atoms with Crippen LogP contribution in [0.2, 0.25) is 0 Å². The van der Waals surface area contributed by atoms with Gasteiger partial charge in [-0.1, -0.05) is 26.8 Å². The Morgan fingerprint density at radius 1 is 1.26 bits per heavy atom. The lowest BCUT2D eigenvalue weighted by molar-refractivity contribution is -0.121. The molecule has 3 fully saturated rings. The lowest BCUT2D eigenvalue weighted by Crippen LogP contribution is -2.43. The van der Waals surface area contributed by atoms with Crippen LogP contribution in [0.25, 0.3) is 0 Å². The summed E-state index contributed by atoms with van der Waals surface area (Å²) in [4.78, 5) is 26.0. The smallest absolute Gasteiger partial charge is 0.414 e. The summed E-state index contributed by atoms with van der Waals surface area (Å²) in [5.41, 5.74) is 1.32. The highest BCUT2D eigenvalue weighted by Crippen LogP contribution is 2.65. The van der Waals surface area contributed by atoms with Gasteiger partial charge in [0.15, 0.2) is 0 Å². The Balaban J connectivity index is 1.44. The van der Waals surface area contributed by atoms with Gasteiger partial charge < -0.3 is 4.74 Å². The SMILES string of the molecule is C=C1C[C@@H]2[C@@H](C[C@@H]1OC(=O)NC(=O)CN1CCCCC1)C2(C)C. The average molecular weight is 320 g/mol. The van der Waals surface area contributed by atoms with Gasteiger partial charge in [-0.25, -0.2) is 4.79 Å². The summed E-state index contributed by atoms with van der Waals surface area (Å²) < 4.78 is 5.46. The molecule has 1 heterocycles. The van der Waals surface area contributed by atoms with Crippen LogP contribution in [-0.4, -0.2) is 42.6 Å². The molecular formula is C18H28N2O3. The Kier molecular flexibility index (Phi) is 4.50. The number of carbonyl (C=O) groups excluding carboxylic acids is 2. The number of imide groups is 1. The standard InChI is InChI=1S/C18H28N2O3/c1-12-9-13-14(18(13,2)3)10-15(12)23-17(22)19-16(21)11-20-7-5-4-6-8-20/h13-15H,1,4-11H2,2-3H3,(H,19,21,22)/t13-,14-,15+/m1/s1. The maximum atomic E-state index is 12.0. The number of likely N-dealkylation sites (tertiary alicyclic amines) is 1. The van der Waals surface area contributed by atoms with E-state index in [0.717, 1.165) is 44.3 Å². The van der Waals surface area contributed by atoms with Crippen molar-refractivity contribution in [2.45, 2.75) is 52.1 Å². The van der Waals surface area contributed by atoms with Crippen molar-refractivity contribution in [3.63, 3.8) is 0 Å². The van der Waals surface area contributed by atoms with Gasteiger partial charge in [0.2, 0.25) is 5.91 Å². The van der Waals surface area contributed by atoms with Gasteiger partial charge in [0.05, 0.1) is 6.54 Å². The second kappa shape index (κ2) is 6.27. The lowest BCUT2D eigenvalue weighted by atomic mass is 9.93. The van der Waals surface area contributed by atoms with Gasteiger partial charge >= 0.3 is 6.09 Å². The van der Waals surface area contributed by atoms with E-state index >= 15 is 0 Å². The van der Waals surface area contributed by atoms with Gasteiger partial charge in [-0.05, 0) is 61.6 Å². The molecule has 0 aromatic carbocycles. The minimum atomic E-state index is -0.630. The number of nitrogens with zero attached hydrogens (tertiary/aromatic N) is 1. The molecule has 0 unspecified atom stereocenters. The molecule has 5 nitrogen and oxygen atoms in total. The average Bonchev–Trinajstić information content (AvgIpc) is 3.00. The van der Waals surface area contributed by atoms with E-state index in [0.29, 0.717) is 17.3 Å². The van der Waals surface area contributed by atoms with E-state index in [1.165, 1.54) is 6.42 Å². The first-order valence-electron chi connectivity index (χ1n) is 8.78. The van der Waals surface area contributed by atoms with E-state index in [9.17, 15) is 9.59 Å². The summed E-state index contributed by atoms with van der Waals surface area (Å²) >= 11 is 0. The number of hydrogen-bond donors (Lipinski definition) is 1. The van der Waals surface area contributed by atoms with Crippen molar-refractivity contribution in [3.8, 4) is 0 Å². The van der Waals surface area contributed by atoms with Crippen LogP contribution in [0.4, 0.5) is 4.79 Å². The predicted octanol–water partition coefficient (Wildman–Crippen LogP) is 2.72. The molecule has 1 aliphatic heterocycles. The molecule has 0 radical (unpaired) electrons. The van der Waals surface area contributed by atoms with Crippen molar-refractivity contribution in [1.29, 1.82) is 0 Å². The molecule has 0 bridgehead atoms. The number of nitrogens with one attached hydrogen (secondary N) is 1. The largest absolute Gasteiger partial charge is 0.441 e. The van der Waals surface area contributed by atoms with Gasteiger partial charge in [0.1, 0.15) is 6.10 Å². The first-order valence-corrected chi connectivity index (χ1v) is 8.78. The third kappa shape index (κ3) is 3.60. The Hall–Kier alpha value is -1.36. The van der Waals surface area contributed by atoms with Crippen molar-refractivity contribution < 1.29 is 14.3 Å². The van der Waals surface area contributed by atoms with Crippen LogP contribution in [-0.2, 0) is 9.53 Å². The van der Waals surface area contributed by atoms with E-state index in [1.54, 1.807) is 0 Å². The van der Waals surface area contributed by atoms with Crippen LogP contribution in [0.5, 0.6) is 0 Å². The van der Waals surface area contributed by atoms with Gasteiger partial charge in [-0.2, -0.15) is 0 Å². The highest BCUT2D eigenvalue weighted by atomic mass is 16.6. The highest BCUT2D eigenvalue weighted by Gasteiger charge is 2.60. The topological polar surface area (TPSA) is 58.6 Å². The van der Waals surface area contributed by atoms with Crippen LogP contribution in [0.1, 0.15) is 46.0 Å². The molecule has 2 aliphatic carbocycles. The van der Waals surface area contributed by atoms with Crippen LogP contribution in [0, 0.1) is 17.3 Å². The summed E-state index contributed by atoms with van der Waals surface area (Å²) in [6, 6.07) is 0. The zero-order valence-corrected chi connectivity index (χ0v) is 14.3. The van der Waals surface area contributed by atoms with E-state index in [-0.39, 0.29) is 18.6 Å². The number of piperidine rings is 1. The Morgan fingerprint density at radius 3 is 2.65 bits per heavy atom. The van der Waals surface area contributed by atoms with Crippen molar-refractivity contribution >= 4 is 12.0 Å². The van der Waals surface area contributed by atoms with Crippen molar-refractivity contribution in [3.05, 3.63) is 12.2 Å². The molecule has 23 heavy (non-hydrogen) atoms. The summed E-state index contributed by atoms with van der Waals surface area (Å²) in [7, 11) is 0. The van der Waals surface area contributed by atoms with Crippen LogP contribution < -0.4 is 5.32 Å². The van der Waals surface area contributed by atoms with Gasteiger partial charge in [-0.15, -0.1) is 0 Å². The lowest BCUT2D eigenvalue weighted by Gasteiger charge is -2.26. The van der Waals surface area contributed by atoms with Gasteiger partial charge in [0.25, 0.3) is 0 Å². The maximum Gasteiger partial charge on any atom is 0.414 e. The van der Waals surface area contributed by atoms with E-state index < -0.39 is 6.09 Å². The van der Waals surface area contributed by atoms with Crippen LogP contribution in [0.15, 0.2) is 12.2 Å². The van der Waals surface area contributed by atoms with Crippen molar-refractivity contribution in [2.24, 2.45) is 17.3 Å². The molecule has 3 rings (SSSR count). The molecule has 1 saturated heterocycles. The molecule has 3 aliphatic rings. The quantitative estimate of drug-likeness (QED) is 0.812. The third-order valence-electron chi connectivity index (χ3n) is 6.00. The summed E-state index contributed by atoms with van der Waals surface area (Å²) in [5, 5.41) is 2.36. The van der Waals surface area contributed by atoms with Crippen molar-refractivity contribution in [2.75, 3.05) is 19.6 Å². The number of ether oxygens (including phenoxy) is 1. The van der Waals surface area contributed by atoms with Crippen LogP contribution in [0.3, 0.4) is 0 Å². The molecule has 5 heteroatoms. The Labute approximate surface area is 138 Å². The minimum absolute atomic E-state index is 0.249. The first-order chi connectivity index (χ1) is 10.9. The van der Waals surface area contributed by atoms with E-state index in [1.807, 2.05) is 0 Å². The molecule has 0 aromatic heterocycles. The fraction of sp³-hybridized carbons (Fsp3) is 0.778. The second-order valence-corrected chi connectivity index (χ2v) is 7.91. The fourth-order valence-electron chi connectivity index (χ4n) is 4.31. The van der Waals surface area contributed by atoms with E-state index in [4.69, 9.17) is 4.74 Å². The monoisotopic (exact) mass is 320 g/mol. The first kappa shape index (κ1) is 16.5. The van der Waals surface area contributed by atoms with E-state index in [2.05, 4.69) is 30.6 Å². The predicted molar refractivity (Wildman–Crippen MR) is 87.8 cm³/mol. The summed E-state index contributed by atoms with van der Waals surface area (Å²) in [6.45, 7) is 10.7. The summed E-state index contributed by atoms with van der Waals surface area (Å²) in [6.07, 6.45) is 4.36. The normalized spacial score (nSPS) is 32.8. The maximum absolute atomic E-state index is 12.0. The van der Waals surface area contributed by atoms with Gasteiger partial charge in [-0.3, -0.25) is 15.0 Å². The zero-order valence-electron chi connectivity index (χ0n) is 14.3. The zero-order chi connectivity index (χ0) is 16.6. The minimum Gasteiger partial charge on any atom is -0.441 e. The number of alkyl carbamates (subject to hydrolysis) is 1. The molecule has 3 atom stereocenters. The Bertz CT molecular complexity index is 508. The molecule has 2 amide bonds. The number of carbonyl (C=O) groups is 2. The molecule has 128 valence electrons. The number of amides is 2. The number of rotatable bonds is 3. The second-order valence-electron chi connectivity index (χ2n) is 7.91. The highest BCUT2D eigenvalue weighted by molar-refractivity contribution is 5.92. The van der Waals surface area contributed by atoms with Crippen LogP contribution >= 0.6 is 0 Å². The molecular weight excluding hydrogens is 292 g/mol. The van der Waals surface area contributed by atoms with Crippen molar-refractivity contribution in [1.82, 2.24) is 10.2 Å².